The molecule has 11 heteroatoms. The van der Waals surface area contributed by atoms with Gasteiger partial charge in [0.05, 0.1) is 29.6 Å². The van der Waals surface area contributed by atoms with Gasteiger partial charge in [0, 0.05) is 34.7 Å². The lowest BCUT2D eigenvalue weighted by Gasteiger charge is -2.36. The minimum Gasteiger partial charge on any atom is -0.497 e. The highest BCUT2D eigenvalue weighted by Gasteiger charge is 2.44. The second-order valence-corrected chi connectivity index (χ2v) is 11.0. The molecular weight excluding hydrogens is 536 g/mol. The topological polar surface area (TPSA) is 126 Å². The number of nitro groups is 1. The number of nitrogens with zero attached hydrogens (tertiary/aromatic N) is 1. The van der Waals surface area contributed by atoms with Crippen LogP contribution in [-0.4, -0.2) is 48.7 Å². The summed E-state index contributed by atoms with van der Waals surface area (Å²) in [5.41, 5.74) is 2.57. The molecule has 3 aliphatic rings. The molecular formula is C29H30N2O8S. The number of nitro benzene ring substituents is 1. The number of hydrogen-bond donors (Lipinski definition) is 1. The summed E-state index contributed by atoms with van der Waals surface area (Å²) < 4.78 is 21.8. The van der Waals surface area contributed by atoms with Crippen molar-refractivity contribution >= 4 is 29.2 Å². The Kier molecular flexibility index (Phi) is 8.02. The fourth-order valence-corrected chi connectivity index (χ4v) is 5.97. The van der Waals surface area contributed by atoms with Crippen LogP contribution in [0, 0.1) is 10.1 Å². The number of Topliss-reactive ketones (excluding diaryl/α,β-unsaturated/α-hetero) is 1. The molecule has 2 heterocycles. The van der Waals surface area contributed by atoms with E-state index in [4.69, 9.17) is 18.9 Å². The van der Waals surface area contributed by atoms with Crippen LogP contribution in [0.5, 0.6) is 17.2 Å². The zero-order valence-corrected chi connectivity index (χ0v) is 23.3. The highest BCUT2D eigenvalue weighted by atomic mass is 32.2. The molecule has 2 aromatic carbocycles. The number of allylic oxidation sites excluding steroid dienone is 3. The molecule has 0 fully saturated rings. The fourth-order valence-electron chi connectivity index (χ4n) is 5.48. The van der Waals surface area contributed by atoms with E-state index in [1.54, 1.807) is 25.8 Å². The van der Waals surface area contributed by atoms with Crippen LogP contribution in [0.15, 0.2) is 58.9 Å². The van der Waals surface area contributed by atoms with Gasteiger partial charge in [-0.1, -0.05) is 19.1 Å². The number of ketones is 1. The molecule has 0 bridgehead atoms. The molecule has 1 aliphatic carbocycles. The van der Waals surface area contributed by atoms with Gasteiger partial charge in [-0.3, -0.25) is 14.9 Å². The number of ether oxygens (including phenoxy) is 4. The number of hydrogen-bond acceptors (Lipinski definition) is 10. The minimum atomic E-state index is -0.998. The van der Waals surface area contributed by atoms with E-state index in [1.165, 1.54) is 12.1 Å². The third kappa shape index (κ3) is 5.25. The summed E-state index contributed by atoms with van der Waals surface area (Å²) in [7, 11) is 1.60. The summed E-state index contributed by atoms with van der Waals surface area (Å²) >= 11 is 1.63. The van der Waals surface area contributed by atoms with Crippen LogP contribution in [0.3, 0.4) is 0 Å². The maximum absolute atomic E-state index is 13.9. The van der Waals surface area contributed by atoms with Crippen molar-refractivity contribution in [2.24, 2.45) is 0 Å². The predicted molar refractivity (Wildman–Crippen MR) is 149 cm³/mol. The second-order valence-electron chi connectivity index (χ2n) is 9.64. The van der Waals surface area contributed by atoms with Gasteiger partial charge in [-0.25, -0.2) is 4.79 Å². The molecule has 2 aliphatic heterocycles. The Morgan fingerprint density at radius 3 is 2.58 bits per heavy atom. The number of dihydropyridines is 1. The second kappa shape index (κ2) is 11.6. The summed E-state index contributed by atoms with van der Waals surface area (Å²) in [5.74, 6) is 0.878. The molecule has 2 atom stereocenters. The Balaban J connectivity index is 1.59. The van der Waals surface area contributed by atoms with Crippen LogP contribution >= 0.6 is 11.8 Å². The molecule has 2 aromatic rings. The SMILES string of the molecule is CCSCCOC(=O)C1=C(C)NC2=C(C(=O)C[C@H](c3ccc(OC)cc3)C2)[C@@H]1c1cc2c(cc1[N+](=O)[O-])OCO2. The van der Waals surface area contributed by atoms with E-state index in [-0.39, 0.29) is 54.1 Å². The van der Waals surface area contributed by atoms with Gasteiger partial charge in [0.1, 0.15) is 12.4 Å². The van der Waals surface area contributed by atoms with Crippen molar-refractivity contribution in [2.75, 3.05) is 32.0 Å². The molecule has 210 valence electrons. The lowest BCUT2D eigenvalue weighted by atomic mass is 9.71. The van der Waals surface area contributed by atoms with Crippen molar-refractivity contribution in [1.29, 1.82) is 0 Å². The lowest BCUT2D eigenvalue weighted by molar-refractivity contribution is -0.385. The molecule has 1 N–H and O–H groups in total. The number of benzene rings is 2. The number of thioether (sulfide) groups is 1. The summed E-state index contributed by atoms with van der Waals surface area (Å²) in [6, 6.07) is 10.4. The lowest BCUT2D eigenvalue weighted by Crippen LogP contribution is -2.36. The normalized spacial score (nSPS) is 19.7. The monoisotopic (exact) mass is 566 g/mol. The van der Waals surface area contributed by atoms with E-state index in [0.29, 0.717) is 34.9 Å². The zero-order valence-electron chi connectivity index (χ0n) is 22.5. The van der Waals surface area contributed by atoms with Crippen molar-refractivity contribution in [2.45, 2.75) is 38.5 Å². The first-order chi connectivity index (χ1) is 19.3. The Labute approximate surface area is 235 Å². The number of carbonyl (C=O) groups excluding carboxylic acids is 2. The van der Waals surface area contributed by atoms with Crippen LogP contribution in [0.25, 0.3) is 0 Å². The zero-order chi connectivity index (χ0) is 28.4. The molecule has 0 saturated carbocycles. The molecule has 5 rings (SSSR count). The summed E-state index contributed by atoms with van der Waals surface area (Å²) in [4.78, 5) is 39.1. The van der Waals surface area contributed by atoms with Gasteiger partial charge in [-0.2, -0.15) is 11.8 Å². The van der Waals surface area contributed by atoms with Crippen molar-refractivity contribution in [1.82, 2.24) is 5.32 Å². The quantitative estimate of drug-likeness (QED) is 0.192. The third-order valence-corrected chi connectivity index (χ3v) is 8.19. The van der Waals surface area contributed by atoms with Gasteiger partial charge in [0.2, 0.25) is 6.79 Å². The Bertz CT molecular complexity index is 1420. The highest BCUT2D eigenvalue weighted by molar-refractivity contribution is 7.99. The van der Waals surface area contributed by atoms with Crippen molar-refractivity contribution in [3.05, 3.63) is 80.2 Å². The van der Waals surface area contributed by atoms with Crippen LogP contribution in [0.1, 0.15) is 49.7 Å². The summed E-state index contributed by atoms with van der Waals surface area (Å²) in [6.07, 6.45) is 0.686. The van der Waals surface area contributed by atoms with Crippen LogP contribution in [-0.2, 0) is 14.3 Å². The first-order valence-electron chi connectivity index (χ1n) is 13.0. The first-order valence-corrected chi connectivity index (χ1v) is 14.2. The largest absolute Gasteiger partial charge is 0.497 e. The average molecular weight is 567 g/mol. The average Bonchev–Trinajstić information content (AvgIpc) is 3.41. The predicted octanol–water partition coefficient (Wildman–Crippen LogP) is 4.99. The van der Waals surface area contributed by atoms with Gasteiger partial charge < -0.3 is 24.3 Å². The van der Waals surface area contributed by atoms with E-state index in [9.17, 15) is 19.7 Å². The Morgan fingerprint density at radius 2 is 1.90 bits per heavy atom. The van der Waals surface area contributed by atoms with Gasteiger partial charge >= 0.3 is 5.97 Å². The van der Waals surface area contributed by atoms with E-state index in [1.807, 2.05) is 31.2 Å². The van der Waals surface area contributed by atoms with Gasteiger partial charge in [-0.05, 0) is 48.8 Å². The molecule has 0 amide bonds. The maximum Gasteiger partial charge on any atom is 0.336 e. The smallest absolute Gasteiger partial charge is 0.336 e. The third-order valence-electron chi connectivity index (χ3n) is 7.33. The molecule has 10 nitrogen and oxygen atoms in total. The van der Waals surface area contributed by atoms with E-state index >= 15 is 0 Å². The van der Waals surface area contributed by atoms with Crippen LogP contribution in [0.4, 0.5) is 5.69 Å². The number of methoxy groups -OCH3 is 1. The number of esters is 1. The molecule has 0 saturated heterocycles. The summed E-state index contributed by atoms with van der Waals surface area (Å²) in [5, 5.41) is 15.5. The van der Waals surface area contributed by atoms with Crippen LogP contribution < -0.4 is 19.5 Å². The maximum atomic E-state index is 13.9. The van der Waals surface area contributed by atoms with E-state index in [2.05, 4.69) is 5.32 Å². The Morgan fingerprint density at radius 1 is 1.18 bits per heavy atom. The molecule has 40 heavy (non-hydrogen) atoms. The standard InChI is InChI=1S/C29H30N2O8S/c1-4-40-10-9-37-29(33)26-16(2)30-21-11-18(17-5-7-19(36-3)8-6-17)12-23(32)28(21)27(26)20-13-24-25(39-15-38-24)14-22(20)31(34)35/h5-8,13-14,18,27,30H,4,9-12,15H2,1-3H3/t18-,27-/m1/s1. The molecule has 0 unspecified atom stereocenters. The van der Waals surface area contributed by atoms with Gasteiger partial charge in [-0.15, -0.1) is 0 Å². The summed E-state index contributed by atoms with van der Waals surface area (Å²) in [6.45, 7) is 3.86. The fraction of sp³-hybridized carbons (Fsp3) is 0.379. The van der Waals surface area contributed by atoms with E-state index < -0.39 is 16.8 Å². The first kappa shape index (κ1) is 27.6. The van der Waals surface area contributed by atoms with Gasteiger partial charge in [0.25, 0.3) is 5.69 Å². The minimum absolute atomic E-state index is 0.0720. The number of nitrogens with one attached hydrogen (secondary N) is 1. The molecule has 0 radical (unpaired) electrons. The van der Waals surface area contributed by atoms with Gasteiger partial charge in [0.15, 0.2) is 17.3 Å². The molecule has 0 spiro atoms. The number of carbonyl (C=O) groups is 2. The number of fused-ring (bicyclic) bond motifs is 1. The van der Waals surface area contributed by atoms with Crippen LogP contribution in [0.2, 0.25) is 0 Å². The highest BCUT2D eigenvalue weighted by Crippen LogP contribution is 2.50. The van der Waals surface area contributed by atoms with Crippen molar-refractivity contribution in [3.63, 3.8) is 0 Å². The van der Waals surface area contributed by atoms with Crippen molar-refractivity contribution in [3.8, 4) is 17.2 Å². The van der Waals surface area contributed by atoms with E-state index in [0.717, 1.165) is 17.1 Å². The van der Waals surface area contributed by atoms with Crippen molar-refractivity contribution < 1.29 is 33.5 Å². The molecule has 0 aromatic heterocycles. The number of rotatable bonds is 9. The Hall–Kier alpha value is -3.99.